The quantitative estimate of drug-likeness (QED) is 0.133. The average molecular weight is 616 g/mol. The molecule has 41 heavy (non-hydrogen) atoms. The zero-order chi connectivity index (χ0) is 29.9. The molecule has 3 aromatic rings. The third-order valence-electron chi connectivity index (χ3n) is 6.13. The maximum Gasteiger partial charge on any atom is 0.459 e. The smallest absolute Gasteiger partial charge is 0.459 e. The fourth-order valence-corrected chi connectivity index (χ4v) is 5.96. The molecule has 1 unspecified atom stereocenters. The number of anilines is 2. The van der Waals surface area contributed by atoms with E-state index < -0.39 is 62.5 Å². The van der Waals surface area contributed by atoms with Gasteiger partial charge in [-0.3, -0.25) is 13.9 Å². The highest BCUT2D eigenvalue weighted by Crippen LogP contribution is 2.49. The van der Waals surface area contributed by atoms with Gasteiger partial charge in [-0.25, -0.2) is 13.9 Å². The number of ether oxygens (including phenoxy) is 2. The predicted molar refractivity (Wildman–Crippen MR) is 148 cm³/mol. The number of rotatable bonds is 12. The first-order valence-electron chi connectivity index (χ1n) is 12.6. The van der Waals surface area contributed by atoms with E-state index >= 15 is 0 Å². The monoisotopic (exact) mass is 615 g/mol. The molecule has 4 rings (SSSR count). The Morgan fingerprint density at radius 1 is 1.32 bits per heavy atom. The largest absolute Gasteiger partial charge is 0.462 e. The molecule has 1 saturated heterocycles. The summed E-state index contributed by atoms with van der Waals surface area (Å²) in [5.74, 6) is -0.279. The van der Waals surface area contributed by atoms with Crippen LogP contribution in [0.1, 0.15) is 27.0 Å². The maximum atomic E-state index is 14.4. The van der Waals surface area contributed by atoms with Gasteiger partial charge in [0, 0.05) is 7.05 Å². The number of aliphatic hydroxyl groups is 1. The molecule has 5 N–H and O–H groups in total. The van der Waals surface area contributed by atoms with Crippen LogP contribution in [0.2, 0.25) is 0 Å². The molecule has 0 bridgehead atoms. The standard InChI is InChI=1S/C24H32ClFN7O7P/c1-13(2)38-21(35)14(3)32-41(36,40-15-8-6-5-7-9-15)37-10-16-18(34)24(25,11-26)22(39-16)33-12-29-17-19(28-4)30-23(27)31-20(17)33/h5-9,12-14,16,18,22,34H,10-11H2,1-4H3,(H,32,36)(H3,27,28,30,31)/t14?,16-,18-,22-,24-,41+/m1/s1. The molecule has 14 nitrogen and oxygen atoms in total. The number of benzene rings is 1. The van der Waals surface area contributed by atoms with Crippen molar-refractivity contribution in [2.75, 3.05) is 31.4 Å². The van der Waals surface area contributed by atoms with E-state index in [0.29, 0.717) is 11.3 Å². The molecular weight excluding hydrogens is 584 g/mol. The van der Waals surface area contributed by atoms with E-state index in [9.17, 15) is 18.9 Å². The summed E-state index contributed by atoms with van der Waals surface area (Å²) < 4.78 is 51.9. The molecular formula is C24H32ClFN7O7P. The van der Waals surface area contributed by atoms with Gasteiger partial charge in [-0.1, -0.05) is 18.2 Å². The van der Waals surface area contributed by atoms with Crippen LogP contribution in [0.5, 0.6) is 5.75 Å². The second-order valence-electron chi connectivity index (χ2n) is 9.57. The van der Waals surface area contributed by atoms with Crippen molar-refractivity contribution in [2.45, 2.75) is 56.2 Å². The summed E-state index contributed by atoms with van der Waals surface area (Å²) >= 11 is 6.60. The van der Waals surface area contributed by atoms with Crippen LogP contribution in [0.15, 0.2) is 36.7 Å². The number of esters is 1. The van der Waals surface area contributed by atoms with E-state index in [2.05, 4.69) is 25.4 Å². The van der Waals surface area contributed by atoms with Gasteiger partial charge >= 0.3 is 13.7 Å². The molecule has 1 aromatic carbocycles. The minimum atomic E-state index is -4.30. The minimum Gasteiger partial charge on any atom is -0.462 e. The molecule has 2 aromatic heterocycles. The number of fused-ring (bicyclic) bond motifs is 1. The summed E-state index contributed by atoms with van der Waals surface area (Å²) in [4.78, 5) is 22.9. The SMILES string of the molecule is CNc1nc(N)nc2c1ncn2[C@@H]1O[C@H](CO[P@@](=O)(NC(C)C(=O)OC(C)C)Oc2ccccc2)[C@@H](O)[C@]1(Cl)CF. The highest BCUT2D eigenvalue weighted by molar-refractivity contribution is 7.52. The second-order valence-corrected chi connectivity index (χ2v) is 12.0. The Kier molecular flexibility index (Phi) is 9.36. The van der Waals surface area contributed by atoms with Crippen molar-refractivity contribution in [2.24, 2.45) is 0 Å². The molecule has 0 amide bonds. The summed E-state index contributed by atoms with van der Waals surface area (Å²) in [6.45, 7) is 2.98. The molecule has 6 atom stereocenters. The van der Waals surface area contributed by atoms with Gasteiger partial charge in [0.15, 0.2) is 23.2 Å². The number of para-hydroxylation sites is 1. The summed E-state index contributed by atoms with van der Waals surface area (Å²) in [7, 11) is -2.69. The number of carbonyl (C=O) groups excluding carboxylic acids is 1. The molecule has 3 heterocycles. The van der Waals surface area contributed by atoms with E-state index in [1.165, 1.54) is 30.0 Å². The fraction of sp³-hybridized carbons (Fsp3) is 0.500. The van der Waals surface area contributed by atoms with Crippen LogP contribution in [0, 0.1) is 0 Å². The number of hydrogen-bond acceptors (Lipinski definition) is 12. The van der Waals surface area contributed by atoms with Crippen molar-refractivity contribution in [1.82, 2.24) is 24.6 Å². The lowest BCUT2D eigenvalue weighted by atomic mass is 10.0. The van der Waals surface area contributed by atoms with Crippen molar-refractivity contribution >= 4 is 48.2 Å². The number of hydrogen-bond donors (Lipinski definition) is 4. The van der Waals surface area contributed by atoms with E-state index in [0.717, 1.165) is 0 Å². The van der Waals surface area contributed by atoms with Crippen molar-refractivity contribution < 1.29 is 37.4 Å². The lowest BCUT2D eigenvalue weighted by Gasteiger charge is -2.27. The third-order valence-corrected chi connectivity index (χ3v) is 8.28. The highest BCUT2D eigenvalue weighted by atomic mass is 35.5. The van der Waals surface area contributed by atoms with Crippen LogP contribution in [0.4, 0.5) is 16.2 Å². The summed E-state index contributed by atoms with van der Waals surface area (Å²) in [6.07, 6.45) is -3.37. The van der Waals surface area contributed by atoms with Gasteiger partial charge in [0.1, 0.15) is 35.5 Å². The molecule has 0 spiro atoms. The number of nitrogen functional groups attached to an aromatic ring is 1. The van der Waals surface area contributed by atoms with Crippen molar-refractivity contribution in [3.05, 3.63) is 36.7 Å². The zero-order valence-electron chi connectivity index (χ0n) is 22.7. The molecule has 1 aliphatic heterocycles. The Morgan fingerprint density at radius 2 is 2.02 bits per heavy atom. The van der Waals surface area contributed by atoms with Crippen molar-refractivity contribution in [3.8, 4) is 5.75 Å². The number of nitrogens with two attached hydrogens (primary N) is 1. The number of aromatic nitrogens is 4. The van der Waals surface area contributed by atoms with Crippen LogP contribution in [0.25, 0.3) is 11.2 Å². The number of halogens is 2. The molecule has 0 saturated carbocycles. The van der Waals surface area contributed by atoms with E-state index in [1.807, 2.05) is 0 Å². The van der Waals surface area contributed by atoms with Crippen LogP contribution >= 0.6 is 19.3 Å². The van der Waals surface area contributed by atoms with Gasteiger partial charge in [0.2, 0.25) is 5.95 Å². The molecule has 0 aliphatic carbocycles. The molecule has 0 radical (unpaired) electrons. The topological polar surface area (TPSA) is 185 Å². The van der Waals surface area contributed by atoms with Crippen LogP contribution in [0.3, 0.4) is 0 Å². The van der Waals surface area contributed by atoms with Gasteiger partial charge in [-0.05, 0) is 32.9 Å². The average Bonchev–Trinajstić information content (AvgIpc) is 3.45. The first-order valence-corrected chi connectivity index (χ1v) is 14.6. The summed E-state index contributed by atoms with van der Waals surface area (Å²) in [5.41, 5.74) is 6.31. The zero-order valence-corrected chi connectivity index (χ0v) is 24.4. The summed E-state index contributed by atoms with van der Waals surface area (Å²) in [5, 5.41) is 16.4. The van der Waals surface area contributed by atoms with Crippen molar-refractivity contribution in [1.29, 1.82) is 0 Å². The lowest BCUT2D eigenvalue weighted by Crippen LogP contribution is -2.44. The first-order chi connectivity index (χ1) is 19.4. The number of aliphatic hydroxyl groups excluding tert-OH is 1. The highest BCUT2D eigenvalue weighted by Gasteiger charge is 2.57. The molecule has 224 valence electrons. The van der Waals surface area contributed by atoms with Crippen LogP contribution in [-0.2, 0) is 23.4 Å². The normalized spacial score (nSPS) is 24.7. The Balaban J connectivity index is 1.59. The molecule has 17 heteroatoms. The molecule has 1 aliphatic rings. The van der Waals surface area contributed by atoms with Gasteiger partial charge in [0.05, 0.1) is 19.0 Å². The number of imidazole rings is 1. The van der Waals surface area contributed by atoms with E-state index in [1.54, 1.807) is 39.1 Å². The minimum absolute atomic E-state index is 0.0855. The number of carbonyl (C=O) groups is 1. The molecule has 1 fully saturated rings. The second kappa shape index (κ2) is 12.4. The van der Waals surface area contributed by atoms with E-state index in [-0.39, 0.29) is 17.3 Å². The van der Waals surface area contributed by atoms with Gasteiger partial charge in [0.25, 0.3) is 0 Å². The number of nitrogens with one attached hydrogen (secondary N) is 2. The van der Waals surface area contributed by atoms with Gasteiger partial charge in [-0.2, -0.15) is 15.1 Å². The van der Waals surface area contributed by atoms with Gasteiger partial charge < -0.3 is 30.2 Å². The number of nitrogens with zero attached hydrogens (tertiary/aromatic N) is 4. The van der Waals surface area contributed by atoms with Gasteiger partial charge in [-0.15, -0.1) is 11.6 Å². The number of alkyl halides is 2. The fourth-order valence-electron chi connectivity index (χ4n) is 4.17. The lowest BCUT2D eigenvalue weighted by molar-refractivity contribution is -0.149. The van der Waals surface area contributed by atoms with E-state index in [4.69, 9.17) is 35.9 Å². The summed E-state index contributed by atoms with van der Waals surface area (Å²) in [6, 6.07) is 7.01. The van der Waals surface area contributed by atoms with Crippen LogP contribution in [-0.4, -0.2) is 80.2 Å². The predicted octanol–water partition coefficient (Wildman–Crippen LogP) is 2.79. The Morgan fingerprint density at radius 3 is 2.66 bits per heavy atom. The Labute approximate surface area is 240 Å². The third kappa shape index (κ3) is 6.55. The van der Waals surface area contributed by atoms with Crippen molar-refractivity contribution in [3.63, 3.8) is 0 Å². The maximum absolute atomic E-state index is 14.4. The first kappa shape index (κ1) is 30.9. The Hall–Kier alpha value is -3.07. The van der Waals surface area contributed by atoms with Crippen LogP contribution < -0.4 is 20.7 Å². The Bertz CT molecular complexity index is 1420.